The largest absolute Gasteiger partial charge is 0.494 e. The number of hydrogen-bond donors (Lipinski definition) is 0. The molecule has 1 unspecified atom stereocenters. The average Bonchev–Trinajstić information content (AvgIpc) is 3.00. The summed E-state index contributed by atoms with van der Waals surface area (Å²) >= 11 is 1.88. The average molecular weight is 399 g/mol. The zero-order valence-corrected chi connectivity index (χ0v) is 17.4. The third-order valence-electron chi connectivity index (χ3n) is 5.11. The van der Waals surface area contributed by atoms with Crippen LogP contribution in [0, 0.1) is 6.92 Å². The van der Waals surface area contributed by atoms with E-state index in [9.17, 15) is 8.42 Å². The number of hydrogen-bond acceptors (Lipinski definition) is 5. The molecule has 0 radical (unpaired) electrons. The van der Waals surface area contributed by atoms with Crippen molar-refractivity contribution in [3.63, 3.8) is 0 Å². The lowest BCUT2D eigenvalue weighted by Crippen LogP contribution is -2.47. The van der Waals surface area contributed by atoms with E-state index >= 15 is 0 Å². The molecular formula is C19H30N2O3S2. The SMILES string of the molecule is CCOc1ccc(S(=O)(=O)N2CCCSCC2CN2CCCC2)cc1C. The Bertz CT molecular complexity index is 703. The van der Waals surface area contributed by atoms with E-state index in [2.05, 4.69) is 4.90 Å². The molecule has 146 valence electrons. The molecule has 1 aromatic carbocycles. The maximum Gasteiger partial charge on any atom is 0.243 e. The van der Waals surface area contributed by atoms with E-state index in [0.29, 0.717) is 18.0 Å². The van der Waals surface area contributed by atoms with Crippen LogP contribution in [-0.2, 0) is 10.0 Å². The number of likely N-dealkylation sites (tertiary alicyclic amines) is 1. The molecule has 2 heterocycles. The molecule has 5 nitrogen and oxygen atoms in total. The van der Waals surface area contributed by atoms with Crippen molar-refractivity contribution in [1.82, 2.24) is 9.21 Å². The van der Waals surface area contributed by atoms with E-state index in [1.807, 2.05) is 25.6 Å². The molecule has 0 aliphatic carbocycles. The van der Waals surface area contributed by atoms with E-state index in [0.717, 1.165) is 48.9 Å². The second-order valence-corrected chi connectivity index (χ2v) is 10.1. The van der Waals surface area contributed by atoms with Gasteiger partial charge >= 0.3 is 0 Å². The molecule has 2 aliphatic rings. The van der Waals surface area contributed by atoms with E-state index in [4.69, 9.17) is 4.74 Å². The summed E-state index contributed by atoms with van der Waals surface area (Å²) in [6, 6.07) is 5.29. The molecule has 2 aliphatic heterocycles. The van der Waals surface area contributed by atoms with Crippen LogP contribution in [0.3, 0.4) is 0 Å². The molecule has 2 fully saturated rings. The number of sulfonamides is 1. The zero-order chi connectivity index (χ0) is 18.6. The summed E-state index contributed by atoms with van der Waals surface area (Å²) in [5.74, 6) is 2.67. The van der Waals surface area contributed by atoms with Crippen LogP contribution in [0.5, 0.6) is 5.75 Å². The molecule has 0 N–H and O–H groups in total. The molecule has 3 rings (SSSR count). The molecule has 7 heteroatoms. The topological polar surface area (TPSA) is 49.9 Å². The predicted octanol–water partition coefficient (Wildman–Crippen LogP) is 2.99. The molecule has 1 aromatic rings. The third kappa shape index (κ3) is 4.55. The minimum Gasteiger partial charge on any atom is -0.494 e. The van der Waals surface area contributed by atoms with E-state index in [1.165, 1.54) is 12.8 Å². The van der Waals surface area contributed by atoms with Crippen LogP contribution in [0.15, 0.2) is 23.1 Å². The van der Waals surface area contributed by atoms with Crippen LogP contribution in [0.1, 0.15) is 31.7 Å². The van der Waals surface area contributed by atoms with Crippen LogP contribution in [-0.4, -0.2) is 68.0 Å². The minimum atomic E-state index is -3.49. The molecule has 0 aromatic heterocycles. The molecule has 0 bridgehead atoms. The zero-order valence-electron chi connectivity index (χ0n) is 15.8. The van der Waals surface area contributed by atoms with Gasteiger partial charge < -0.3 is 9.64 Å². The maximum atomic E-state index is 13.4. The molecule has 0 amide bonds. The molecule has 0 saturated carbocycles. The van der Waals surface area contributed by atoms with Crippen molar-refractivity contribution < 1.29 is 13.2 Å². The van der Waals surface area contributed by atoms with Gasteiger partial charge in [0.15, 0.2) is 0 Å². The summed E-state index contributed by atoms with van der Waals surface area (Å²) in [5.41, 5.74) is 0.869. The summed E-state index contributed by atoms with van der Waals surface area (Å²) in [6.45, 7) is 8.07. The first-order valence-electron chi connectivity index (χ1n) is 9.57. The molecule has 0 spiro atoms. The Balaban J connectivity index is 1.85. The van der Waals surface area contributed by atoms with Crippen LogP contribution in [0.4, 0.5) is 0 Å². The monoisotopic (exact) mass is 398 g/mol. The standard InChI is InChI=1S/C19H30N2O3S2/c1-3-24-19-8-7-18(13-16(19)2)26(22,23)21-11-6-12-25-15-17(21)14-20-9-4-5-10-20/h7-8,13,17H,3-6,9-12,14-15H2,1-2H3. The van der Waals surface area contributed by atoms with Gasteiger partial charge in [0.05, 0.1) is 11.5 Å². The van der Waals surface area contributed by atoms with Crippen molar-refractivity contribution in [1.29, 1.82) is 0 Å². The Kier molecular flexibility index (Phi) is 6.88. The van der Waals surface area contributed by atoms with Crippen LogP contribution in [0.25, 0.3) is 0 Å². The van der Waals surface area contributed by atoms with Gasteiger partial charge in [-0.1, -0.05) is 0 Å². The van der Waals surface area contributed by atoms with Crippen molar-refractivity contribution in [2.24, 2.45) is 0 Å². The van der Waals surface area contributed by atoms with Crippen molar-refractivity contribution in [2.45, 2.75) is 44.0 Å². The van der Waals surface area contributed by atoms with Gasteiger partial charge in [-0.15, -0.1) is 0 Å². The Morgan fingerprint density at radius 2 is 1.96 bits per heavy atom. The first-order chi connectivity index (χ1) is 12.5. The molecular weight excluding hydrogens is 368 g/mol. The second-order valence-electron chi connectivity index (χ2n) is 7.07. The van der Waals surface area contributed by atoms with Gasteiger partial charge in [-0.2, -0.15) is 16.1 Å². The smallest absolute Gasteiger partial charge is 0.243 e. The predicted molar refractivity (Wildman–Crippen MR) is 108 cm³/mol. The molecule has 1 atom stereocenters. The lowest BCUT2D eigenvalue weighted by Gasteiger charge is -2.32. The lowest BCUT2D eigenvalue weighted by atomic mass is 10.2. The summed E-state index contributed by atoms with van der Waals surface area (Å²) in [7, 11) is -3.49. The van der Waals surface area contributed by atoms with Gasteiger partial charge in [0.1, 0.15) is 5.75 Å². The van der Waals surface area contributed by atoms with Gasteiger partial charge in [0.25, 0.3) is 0 Å². The lowest BCUT2D eigenvalue weighted by molar-refractivity contribution is 0.243. The fraction of sp³-hybridized carbons (Fsp3) is 0.684. The highest BCUT2D eigenvalue weighted by molar-refractivity contribution is 7.99. The first-order valence-corrected chi connectivity index (χ1v) is 12.2. The van der Waals surface area contributed by atoms with Gasteiger partial charge in [0, 0.05) is 24.9 Å². The van der Waals surface area contributed by atoms with Crippen molar-refractivity contribution in [3.05, 3.63) is 23.8 Å². The number of ether oxygens (including phenoxy) is 1. The maximum absolute atomic E-state index is 13.4. The van der Waals surface area contributed by atoms with Crippen LogP contribution < -0.4 is 4.74 Å². The third-order valence-corrected chi connectivity index (χ3v) is 8.25. The van der Waals surface area contributed by atoms with Crippen molar-refractivity contribution in [2.75, 3.05) is 44.3 Å². The highest BCUT2D eigenvalue weighted by atomic mass is 32.2. The number of rotatable bonds is 6. The van der Waals surface area contributed by atoms with Gasteiger partial charge in [-0.05, 0) is 75.7 Å². The van der Waals surface area contributed by atoms with E-state index in [-0.39, 0.29) is 6.04 Å². The molecule has 2 saturated heterocycles. The Labute approximate surface area is 162 Å². The Morgan fingerprint density at radius 3 is 2.65 bits per heavy atom. The molecule has 26 heavy (non-hydrogen) atoms. The first kappa shape index (κ1) is 20.0. The minimum absolute atomic E-state index is 0.0532. The van der Waals surface area contributed by atoms with Gasteiger partial charge in [-0.3, -0.25) is 0 Å². The van der Waals surface area contributed by atoms with Crippen LogP contribution in [0.2, 0.25) is 0 Å². The Morgan fingerprint density at radius 1 is 1.19 bits per heavy atom. The van der Waals surface area contributed by atoms with Gasteiger partial charge in [-0.25, -0.2) is 8.42 Å². The fourth-order valence-electron chi connectivity index (χ4n) is 3.77. The highest BCUT2D eigenvalue weighted by Crippen LogP contribution is 2.28. The Hall–Kier alpha value is -0.760. The summed E-state index contributed by atoms with van der Waals surface area (Å²) < 4.78 is 34.1. The number of thioether (sulfide) groups is 1. The normalized spacial score (nSPS) is 23.1. The fourth-order valence-corrected chi connectivity index (χ4v) is 6.66. The summed E-state index contributed by atoms with van der Waals surface area (Å²) in [4.78, 5) is 2.81. The summed E-state index contributed by atoms with van der Waals surface area (Å²) in [6.07, 6.45) is 3.37. The van der Waals surface area contributed by atoms with Crippen molar-refractivity contribution >= 4 is 21.8 Å². The van der Waals surface area contributed by atoms with E-state index < -0.39 is 10.0 Å². The van der Waals surface area contributed by atoms with E-state index in [1.54, 1.807) is 22.5 Å². The summed E-state index contributed by atoms with van der Waals surface area (Å²) in [5, 5.41) is 0. The second kappa shape index (κ2) is 8.95. The number of nitrogens with zero attached hydrogens (tertiary/aromatic N) is 2. The quantitative estimate of drug-likeness (QED) is 0.737. The van der Waals surface area contributed by atoms with Crippen molar-refractivity contribution in [3.8, 4) is 5.75 Å². The van der Waals surface area contributed by atoms with Crippen LogP contribution >= 0.6 is 11.8 Å². The number of aryl methyl sites for hydroxylation is 1. The number of benzene rings is 1. The van der Waals surface area contributed by atoms with Gasteiger partial charge in [0.2, 0.25) is 10.0 Å². The highest BCUT2D eigenvalue weighted by Gasteiger charge is 2.34.